The van der Waals surface area contributed by atoms with Gasteiger partial charge in [0.15, 0.2) is 0 Å². The molecule has 186 valence electrons. The van der Waals surface area contributed by atoms with E-state index in [2.05, 4.69) is 86.4 Å². The Morgan fingerprint density at radius 1 is 0.886 bits per heavy atom. The number of aromatic nitrogens is 2. The second kappa shape index (κ2) is 11.6. The molecule has 0 spiro atoms. The van der Waals surface area contributed by atoms with Gasteiger partial charge in [0.2, 0.25) is 0 Å². The maximum atomic E-state index is 9.01. The minimum absolute atomic E-state index is 0.0709. The number of ether oxygens (including phenoxy) is 1. The molecule has 0 amide bonds. The van der Waals surface area contributed by atoms with Crippen molar-refractivity contribution in [2.45, 2.75) is 70.1 Å². The van der Waals surface area contributed by atoms with Gasteiger partial charge < -0.3 is 14.3 Å². The summed E-state index contributed by atoms with van der Waals surface area (Å²) in [4.78, 5) is 9.59. The molecule has 35 heavy (non-hydrogen) atoms. The minimum atomic E-state index is -2.61. The molecule has 1 aliphatic rings. The molecule has 1 aliphatic carbocycles. The highest BCUT2D eigenvalue weighted by Crippen LogP contribution is 2.37. The van der Waals surface area contributed by atoms with Gasteiger partial charge in [0, 0.05) is 12.1 Å². The van der Waals surface area contributed by atoms with Crippen molar-refractivity contribution < 1.29 is 14.3 Å². The summed E-state index contributed by atoms with van der Waals surface area (Å²) in [6.07, 6.45) is 6.10. The third-order valence-corrected chi connectivity index (χ3v) is 12.1. The Hall–Kier alpha value is -2.38. The summed E-state index contributed by atoms with van der Waals surface area (Å²) in [6, 6.07) is 23.4. The summed E-state index contributed by atoms with van der Waals surface area (Å²) in [5.74, 6) is 1.26. The molecule has 6 heteroatoms. The average molecular weight is 491 g/mol. The third-order valence-electron chi connectivity index (χ3n) is 7.07. The highest BCUT2D eigenvalue weighted by Gasteiger charge is 2.50. The number of benzene rings is 2. The quantitative estimate of drug-likeness (QED) is 0.445. The molecule has 0 radical (unpaired) electrons. The van der Waals surface area contributed by atoms with Gasteiger partial charge in [-0.25, -0.2) is 9.97 Å². The number of aliphatic hydroxyl groups is 1. The number of aliphatic hydroxyl groups excluding tert-OH is 1. The summed E-state index contributed by atoms with van der Waals surface area (Å²) in [5, 5.41) is 11.5. The van der Waals surface area contributed by atoms with Gasteiger partial charge in [-0.15, -0.1) is 0 Å². The van der Waals surface area contributed by atoms with Crippen molar-refractivity contribution in [2.75, 3.05) is 13.2 Å². The van der Waals surface area contributed by atoms with Gasteiger partial charge in [-0.05, 0) is 47.2 Å². The zero-order valence-electron chi connectivity index (χ0n) is 21.2. The summed E-state index contributed by atoms with van der Waals surface area (Å²) in [6.45, 7) is 7.83. The average Bonchev–Trinajstić information content (AvgIpc) is 2.89. The lowest BCUT2D eigenvalue weighted by Crippen LogP contribution is -2.66. The molecular weight excluding hydrogens is 452 g/mol. The lowest BCUT2D eigenvalue weighted by molar-refractivity contribution is 0.00537. The molecule has 0 unspecified atom stereocenters. The highest BCUT2D eigenvalue weighted by atomic mass is 28.4. The Morgan fingerprint density at radius 2 is 1.49 bits per heavy atom. The monoisotopic (exact) mass is 490 g/mol. The van der Waals surface area contributed by atoms with E-state index >= 15 is 0 Å². The fraction of sp³-hybridized carbons (Fsp3) is 0.448. The molecule has 0 atom stereocenters. The summed E-state index contributed by atoms with van der Waals surface area (Å²) < 4.78 is 12.8. The van der Waals surface area contributed by atoms with E-state index in [9.17, 15) is 0 Å². The van der Waals surface area contributed by atoms with E-state index in [-0.39, 0.29) is 17.7 Å². The van der Waals surface area contributed by atoms with Gasteiger partial charge in [-0.1, -0.05) is 81.4 Å². The molecule has 1 N–H and O–H groups in total. The van der Waals surface area contributed by atoms with E-state index in [0.717, 1.165) is 37.2 Å². The molecule has 1 fully saturated rings. The van der Waals surface area contributed by atoms with Crippen LogP contribution in [0.15, 0.2) is 72.9 Å². The van der Waals surface area contributed by atoms with Crippen molar-refractivity contribution in [2.24, 2.45) is 0 Å². The molecule has 1 saturated carbocycles. The van der Waals surface area contributed by atoms with Crippen LogP contribution in [0, 0.1) is 0 Å². The molecule has 3 aromatic rings. The molecule has 1 aromatic heterocycles. The first-order valence-electron chi connectivity index (χ1n) is 12.7. The van der Waals surface area contributed by atoms with Gasteiger partial charge in [0.1, 0.15) is 5.82 Å². The molecule has 0 saturated heterocycles. The van der Waals surface area contributed by atoms with E-state index in [0.29, 0.717) is 19.1 Å². The zero-order valence-corrected chi connectivity index (χ0v) is 22.2. The SMILES string of the molecule is CC(C)(C)[Si](OCc1ccnc([C@H]2CC[C@H](OCCO)CC2)n1)(c1ccccc1)c1ccccc1. The van der Waals surface area contributed by atoms with Crippen LogP contribution in [0.5, 0.6) is 0 Å². The van der Waals surface area contributed by atoms with Gasteiger partial charge in [0.05, 0.1) is 31.6 Å². The molecule has 4 rings (SSSR count). The normalized spacial score (nSPS) is 19.0. The maximum absolute atomic E-state index is 9.01. The van der Waals surface area contributed by atoms with Crippen LogP contribution in [-0.2, 0) is 15.8 Å². The van der Waals surface area contributed by atoms with Crippen LogP contribution in [0.1, 0.15) is 63.9 Å². The Labute approximate surface area is 210 Å². The largest absolute Gasteiger partial charge is 0.401 e. The first-order valence-corrected chi connectivity index (χ1v) is 14.6. The number of rotatable bonds is 9. The Kier molecular flexibility index (Phi) is 8.49. The summed E-state index contributed by atoms with van der Waals surface area (Å²) >= 11 is 0. The van der Waals surface area contributed by atoms with E-state index in [1.54, 1.807) is 0 Å². The van der Waals surface area contributed by atoms with Crippen molar-refractivity contribution >= 4 is 18.7 Å². The molecule has 5 nitrogen and oxygen atoms in total. The lowest BCUT2D eigenvalue weighted by atomic mass is 9.87. The molecule has 0 aliphatic heterocycles. The Balaban J connectivity index is 1.57. The van der Waals surface area contributed by atoms with E-state index in [4.69, 9.17) is 19.3 Å². The fourth-order valence-electron chi connectivity index (χ4n) is 5.34. The maximum Gasteiger partial charge on any atom is 0.261 e. The lowest BCUT2D eigenvalue weighted by Gasteiger charge is -2.43. The zero-order chi connectivity index (χ0) is 24.7. The minimum Gasteiger partial charge on any atom is -0.401 e. The molecule has 0 bridgehead atoms. The van der Waals surface area contributed by atoms with Crippen molar-refractivity contribution in [3.05, 3.63) is 84.4 Å². The third kappa shape index (κ3) is 5.89. The van der Waals surface area contributed by atoms with Crippen molar-refractivity contribution in [3.63, 3.8) is 0 Å². The molecule has 1 heterocycles. The standard InChI is InChI=1S/C29H38N2O3Si/c1-29(2,3)35(26-10-6-4-7-11-26,27-12-8-5-9-13-27)34-22-24-18-19-30-28(31-24)23-14-16-25(17-15-23)33-21-20-32/h4-13,18-19,23,25,32H,14-17,20-22H2,1-3H3/t23-,25-. The van der Waals surface area contributed by atoms with Crippen LogP contribution in [0.25, 0.3) is 0 Å². The summed E-state index contributed by atoms with van der Waals surface area (Å²) in [7, 11) is -2.61. The van der Waals surface area contributed by atoms with Crippen LogP contribution >= 0.6 is 0 Å². The highest BCUT2D eigenvalue weighted by molar-refractivity contribution is 6.99. The molecule has 2 aromatic carbocycles. The van der Waals surface area contributed by atoms with Gasteiger partial charge >= 0.3 is 0 Å². The van der Waals surface area contributed by atoms with E-state index in [1.807, 2.05) is 12.3 Å². The number of hydrogen-bond acceptors (Lipinski definition) is 5. The topological polar surface area (TPSA) is 64.5 Å². The van der Waals surface area contributed by atoms with Crippen molar-refractivity contribution in [1.29, 1.82) is 0 Å². The Bertz CT molecular complexity index is 1010. The van der Waals surface area contributed by atoms with Gasteiger partial charge in [-0.2, -0.15) is 0 Å². The van der Waals surface area contributed by atoms with Crippen molar-refractivity contribution in [3.8, 4) is 0 Å². The number of nitrogens with zero attached hydrogens (tertiary/aromatic N) is 2. The fourth-order valence-corrected chi connectivity index (χ4v) is 9.86. The van der Waals surface area contributed by atoms with Crippen molar-refractivity contribution in [1.82, 2.24) is 9.97 Å². The van der Waals surface area contributed by atoms with E-state index in [1.165, 1.54) is 10.4 Å². The molecular formula is C29H38N2O3Si. The van der Waals surface area contributed by atoms with E-state index < -0.39 is 8.32 Å². The van der Waals surface area contributed by atoms with Crippen LogP contribution in [0.2, 0.25) is 5.04 Å². The first-order chi connectivity index (χ1) is 16.9. The van der Waals surface area contributed by atoms with Crippen LogP contribution in [0.3, 0.4) is 0 Å². The van der Waals surface area contributed by atoms with Gasteiger partial charge in [0.25, 0.3) is 8.32 Å². The Morgan fingerprint density at radius 3 is 2.03 bits per heavy atom. The van der Waals surface area contributed by atoms with Crippen LogP contribution < -0.4 is 10.4 Å². The second-order valence-electron chi connectivity index (χ2n) is 10.4. The smallest absolute Gasteiger partial charge is 0.261 e. The van der Waals surface area contributed by atoms with Crippen LogP contribution in [-0.4, -0.2) is 42.7 Å². The first kappa shape index (κ1) is 25.7. The van der Waals surface area contributed by atoms with Crippen LogP contribution in [0.4, 0.5) is 0 Å². The van der Waals surface area contributed by atoms with Gasteiger partial charge in [-0.3, -0.25) is 0 Å². The second-order valence-corrected chi connectivity index (χ2v) is 14.7. The summed E-state index contributed by atoms with van der Waals surface area (Å²) in [5.41, 5.74) is 0.932. The predicted octanol–water partition coefficient (Wildman–Crippen LogP) is 4.59. The number of hydrogen-bond donors (Lipinski definition) is 1. The predicted molar refractivity (Wildman–Crippen MR) is 142 cm³/mol.